The Labute approximate surface area is 109 Å². The number of nitro groups is 1. The van der Waals surface area contributed by atoms with Crippen molar-refractivity contribution in [3.8, 4) is 0 Å². The maximum absolute atomic E-state index is 12.2. The molecule has 2 aliphatic heterocycles. The average molecular weight is 269 g/mol. The second-order valence-electron chi connectivity index (χ2n) is 4.68. The van der Waals surface area contributed by atoms with Crippen LogP contribution in [0.3, 0.4) is 0 Å². The van der Waals surface area contributed by atoms with Crippen molar-refractivity contribution >= 4 is 11.9 Å². The molecule has 0 aromatic rings. The summed E-state index contributed by atoms with van der Waals surface area (Å²) >= 11 is 0. The fraction of sp³-hybridized carbons (Fsp3) is 0.636. The number of carbonyl (C=O) groups is 2. The monoisotopic (exact) mass is 269 g/mol. The summed E-state index contributed by atoms with van der Waals surface area (Å²) in [6.07, 6.45) is 1.06. The molecule has 0 spiro atoms. The summed E-state index contributed by atoms with van der Waals surface area (Å²) in [5, 5.41) is 22.8. The molecule has 0 bridgehead atoms. The molecule has 2 aliphatic rings. The second kappa shape index (κ2) is 5.25. The zero-order valence-corrected chi connectivity index (χ0v) is 10.3. The number of hydrogen-bond donors (Lipinski definition) is 2. The van der Waals surface area contributed by atoms with Crippen LogP contribution in [-0.4, -0.2) is 39.9 Å². The van der Waals surface area contributed by atoms with Gasteiger partial charge in [-0.3, -0.25) is 24.6 Å². The maximum atomic E-state index is 12.2. The van der Waals surface area contributed by atoms with Gasteiger partial charge < -0.3 is 10.4 Å². The van der Waals surface area contributed by atoms with E-state index >= 15 is 0 Å². The van der Waals surface area contributed by atoms with Gasteiger partial charge in [0.05, 0.1) is 23.7 Å². The molecule has 0 aromatic carbocycles. The molecule has 8 nitrogen and oxygen atoms in total. The van der Waals surface area contributed by atoms with Crippen molar-refractivity contribution in [3.05, 3.63) is 21.6 Å². The van der Waals surface area contributed by atoms with Crippen LogP contribution in [0.15, 0.2) is 11.5 Å². The lowest BCUT2D eigenvalue weighted by molar-refractivity contribution is -0.432. The molecule has 8 heteroatoms. The highest BCUT2D eigenvalue weighted by Crippen LogP contribution is 2.30. The standard InChI is InChI=1S/C11H15N3O5/c15-9(16)6-7-5-8(14(18)19)10-12-3-1-2-4-13(10)11(7)17/h7,12H,1-6H2,(H,15,16). The van der Waals surface area contributed by atoms with Crippen LogP contribution in [0.4, 0.5) is 0 Å². The van der Waals surface area contributed by atoms with Crippen LogP contribution in [0, 0.1) is 16.0 Å². The number of hydrogen-bond acceptors (Lipinski definition) is 5. The van der Waals surface area contributed by atoms with Crippen LogP contribution in [0.25, 0.3) is 0 Å². The topological polar surface area (TPSA) is 113 Å². The van der Waals surface area contributed by atoms with Gasteiger partial charge in [-0.05, 0) is 12.8 Å². The number of nitrogens with zero attached hydrogens (tertiary/aromatic N) is 2. The highest BCUT2D eigenvalue weighted by molar-refractivity contribution is 5.85. The second-order valence-corrected chi connectivity index (χ2v) is 4.68. The summed E-state index contributed by atoms with van der Waals surface area (Å²) in [5.41, 5.74) is -0.0900. The van der Waals surface area contributed by atoms with Gasteiger partial charge >= 0.3 is 5.97 Å². The first kappa shape index (κ1) is 13.3. The molecule has 19 heavy (non-hydrogen) atoms. The van der Waals surface area contributed by atoms with E-state index in [1.807, 2.05) is 0 Å². The number of amides is 1. The minimum absolute atomic E-state index is 0.0900. The first-order chi connectivity index (χ1) is 9.00. The molecule has 0 aromatic heterocycles. The van der Waals surface area contributed by atoms with E-state index in [4.69, 9.17) is 5.11 Å². The molecule has 1 atom stereocenters. The molecule has 0 radical (unpaired) electrons. The third kappa shape index (κ3) is 2.67. The van der Waals surface area contributed by atoms with Gasteiger partial charge in [-0.25, -0.2) is 0 Å². The van der Waals surface area contributed by atoms with Gasteiger partial charge in [-0.2, -0.15) is 0 Å². The van der Waals surface area contributed by atoms with E-state index in [1.54, 1.807) is 0 Å². The largest absolute Gasteiger partial charge is 0.481 e. The van der Waals surface area contributed by atoms with Gasteiger partial charge in [0.1, 0.15) is 0 Å². The lowest BCUT2D eigenvalue weighted by atomic mass is 9.94. The van der Waals surface area contributed by atoms with Crippen LogP contribution in [0.1, 0.15) is 25.7 Å². The van der Waals surface area contributed by atoms with Gasteiger partial charge in [0.15, 0.2) is 5.82 Å². The fourth-order valence-electron chi connectivity index (χ4n) is 2.46. The van der Waals surface area contributed by atoms with E-state index in [9.17, 15) is 19.7 Å². The number of aliphatic carboxylic acids is 1. The molecule has 104 valence electrons. The smallest absolute Gasteiger partial charge is 0.304 e. The van der Waals surface area contributed by atoms with E-state index < -0.39 is 16.8 Å². The van der Waals surface area contributed by atoms with E-state index in [2.05, 4.69) is 5.32 Å². The molecule has 0 aliphatic carbocycles. The van der Waals surface area contributed by atoms with Gasteiger partial charge in [-0.15, -0.1) is 0 Å². The van der Waals surface area contributed by atoms with Gasteiger partial charge in [0, 0.05) is 13.1 Å². The van der Waals surface area contributed by atoms with Crippen molar-refractivity contribution in [2.24, 2.45) is 5.92 Å². The van der Waals surface area contributed by atoms with Crippen molar-refractivity contribution in [1.29, 1.82) is 0 Å². The first-order valence-electron chi connectivity index (χ1n) is 6.15. The lowest BCUT2D eigenvalue weighted by Crippen LogP contribution is -2.45. The molecule has 2 rings (SSSR count). The van der Waals surface area contributed by atoms with Crippen molar-refractivity contribution in [2.45, 2.75) is 25.7 Å². The number of nitrogens with one attached hydrogen (secondary N) is 1. The number of rotatable bonds is 3. The highest BCUT2D eigenvalue weighted by Gasteiger charge is 2.41. The van der Waals surface area contributed by atoms with Crippen molar-refractivity contribution in [3.63, 3.8) is 0 Å². The van der Waals surface area contributed by atoms with E-state index in [0.717, 1.165) is 12.8 Å². The zero-order chi connectivity index (χ0) is 14.0. The van der Waals surface area contributed by atoms with Gasteiger partial charge in [0.25, 0.3) is 5.70 Å². The predicted molar refractivity (Wildman–Crippen MR) is 63.3 cm³/mol. The Bertz CT molecular complexity index is 459. The van der Waals surface area contributed by atoms with Crippen molar-refractivity contribution < 1.29 is 19.6 Å². The maximum Gasteiger partial charge on any atom is 0.304 e. The summed E-state index contributed by atoms with van der Waals surface area (Å²) in [6, 6.07) is 0. The van der Waals surface area contributed by atoms with Crippen molar-refractivity contribution in [2.75, 3.05) is 13.1 Å². The number of carboxylic acid groups (broad SMARTS) is 1. The molecular formula is C11H15N3O5. The Hall–Kier alpha value is -2.12. The van der Waals surface area contributed by atoms with Crippen LogP contribution >= 0.6 is 0 Å². The number of carboxylic acids is 1. The van der Waals surface area contributed by atoms with E-state index in [1.165, 1.54) is 4.90 Å². The van der Waals surface area contributed by atoms with Crippen LogP contribution < -0.4 is 5.32 Å². The average Bonchev–Trinajstić information content (AvgIpc) is 2.57. The number of allylic oxidation sites excluding steroid dienone is 1. The fourth-order valence-corrected chi connectivity index (χ4v) is 2.46. The Balaban J connectivity index is 2.35. The van der Waals surface area contributed by atoms with Crippen LogP contribution in [0.2, 0.25) is 0 Å². The molecule has 2 heterocycles. The molecule has 2 N–H and O–H groups in total. The predicted octanol–water partition coefficient (Wildman–Crippen LogP) is 0.139. The molecule has 1 fully saturated rings. The summed E-state index contributed by atoms with van der Waals surface area (Å²) in [4.78, 5) is 34.8. The summed E-state index contributed by atoms with van der Waals surface area (Å²) in [5.74, 6) is -2.06. The Morgan fingerprint density at radius 3 is 2.89 bits per heavy atom. The lowest BCUT2D eigenvalue weighted by Gasteiger charge is -2.31. The quantitative estimate of drug-likeness (QED) is 0.556. The molecular weight excluding hydrogens is 254 g/mol. The van der Waals surface area contributed by atoms with Crippen LogP contribution in [0.5, 0.6) is 0 Å². The third-order valence-corrected chi connectivity index (χ3v) is 3.34. The summed E-state index contributed by atoms with van der Waals surface area (Å²) in [7, 11) is 0. The molecule has 1 saturated heterocycles. The summed E-state index contributed by atoms with van der Waals surface area (Å²) < 4.78 is 0. The summed E-state index contributed by atoms with van der Waals surface area (Å²) in [6.45, 7) is 0.981. The Morgan fingerprint density at radius 1 is 1.53 bits per heavy atom. The Kier molecular flexibility index (Phi) is 3.68. The highest BCUT2D eigenvalue weighted by atomic mass is 16.6. The SMILES string of the molecule is O=C(O)CC1CC([N+](=O)[O-])=C2NCCCCN2C1=O. The number of fused-ring (bicyclic) bond motifs is 1. The molecule has 0 saturated carbocycles. The first-order valence-corrected chi connectivity index (χ1v) is 6.15. The van der Waals surface area contributed by atoms with Gasteiger partial charge in [0.2, 0.25) is 5.91 Å². The molecule has 1 amide bonds. The third-order valence-electron chi connectivity index (χ3n) is 3.34. The normalized spacial score (nSPS) is 23.5. The number of carbonyl (C=O) groups excluding carboxylic acids is 1. The zero-order valence-electron chi connectivity index (χ0n) is 10.3. The van der Waals surface area contributed by atoms with E-state index in [-0.39, 0.29) is 30.3 Å². The molecule has 1 unspecified atom stereocenters. The van der Waals surface area contributed by atoms with Gasteiger partial charge in [-0.1, -0.05) is 0 Å². The minimum atomic E-state index is -1.12. The Morgan fingerprint density at radius 2 is 2.26 bits per heavy atom. The van der Waals surface area contributed by atoms with E-state index in [0.29, 0.717) is 13.1 Å². The minimum Gasteiger partial charge on any atom is -0.481 e. The van der Waals surface area contributed by atoms with Crippen molar-refractivity contribution in [1.82, 2.24) is 10.2 Å². The van der Waals surface area contributed by atoms with Crippen LogP contribution in [-0.2, 0) is 9.59 Å².